The van der Waals surface area contributed by atoms with Crippen LogP contribution in [0.4, 0.5) is 10.5 Å². The Labute approximate surface area is 284 Å². The fourth-order valence-electron chi connectivity index (χ4n) is 9.38. The molecule has 3 aromatic carbocycles. The molecule has 0 spiro atoms. The third-order valence-electron chi connectivity index (χ3n) is 11.7. The summed E-state index contributed by atoms with van der Waals surface area (Å²) in [6, 6.07) is 25.2. The SMILES string of the molecule is C[C@H]1[C@@H](CN(C)[C@H](C)[C@@H](O)c2ccccc2)O[C@@H](c2cccc(NC(=O)NC34CC5CC(CC(C5)C3)C4)c2)O[C@H]1c1ccc(CO)cc1. The van der Waals surface area contributed by atoms with Crippen LogP contribution < -0.4 is 10.6 Å². The van der Waals surface area contributed by atoms with Crippen molar-refractivity contribution < 1.29 is 24.5 Å². The Morgan fingerprint density at radius 1 is 0.917 bits per heavy atom. The number of carbonyl (C=O) groups excluding carboxylic acids is 1. The maximum absolute atomic E-state index is 13.4. The second kappa shape index (κ2) is 13.9. The van der Waals surface area contributed by atoms with Gasteiger partial charge in [-0.05, 0) is 99.1 Å². The molecule has 5 fully saturated rings. The number of nitrogens with zero attached hydrogens (tertiary/aromatic N) is 1. The summed E-state index contributed by atoms with van der Waals surface area (Å²) >= 11 is 0. The van der Waals surface area contributed by atoms with Gasteiger partial charge in [-0.1, -0.05) is 73.7 Å². The molecule has 0 radical (unpaired) electrons. The average Bonchev–Trinajstić information content (AvgIpc) is 3.08. The molecule has 4 N–H and O–H groups in total. The van der Waals surface area contributed by atoms with Crippen LogP contribution in [0.2, 0.25) is 0 Å². The Morgan fingerprint density at radius 2 is 1.58 bits per heavy atom. The van der Waals surface area contributed by atoms with Crippen molar-refractivity contribution in [2.45, 2.75) is 95.2 Å². The standard InChI is InChI=1S/C40H51N3O5/c1-25-35(23-43(3)26(2)36(45)31-8-5-4-6-9-31)47-38(48-37(25)32-14-12-27(24-44)13-15-32)33-10-7-11-34(19-33)41-39(46)42-40-20-28-16-29(21-40)18-30(17-28)22-40/h4-15,19,25-26,28-30,35-38,44-45H,16-18,20-24H2,1-3H3,(H2,41,42,46)/t25-,26+,28?,29?,30?,35+,36+,37+,38+,40?/m0/s1. The molecule has 8 heteroatoms. The largest absolute Gasteiger partial charge is 0.392 e. The van der Waals surface area contributed by atoms with E-state index in [1.807, 2.05) is 92.8 Å². The molecule has 2 amide bonds. The number of ether oxygens (including phenoxy) is 2. The van der Waals surface area contributed by atoms with Crippen LogP contribution in [0, 0.1) is 23.7 Å². The second-order valence-electron chi connectivity index (χ2n) is 15.3. The van der Waals surface area contributed by atoms with E-state index in [0.717, 1.165) is 59.3 Å². The molecule has 1 saturated heterocycles. The number of aliphatic hydroxyl groups excluding tert-OH is 2. The zero-order valence-electron chi connectivity index (χ0n) is 28.4. The van der Waals surface area contributed by atoms with Gasteiger partial charge in [0.25, 0.3) is 0 Å². The fourth-order valence-corrected chi connectivity index (χ4v) is 9.38. The number of amides is 2. The molecule has 4 saturated carbocycles. The van der Waals surface area contributed by atoms with E-state index in [4.69, 9.17) is 9.47 Å². The first-order valence-electron chi connectivity index (χ1n) is 17.8. The summed E-state index contributed by atoms with van der Waals surface area (Å²) in [4.78, 5) is 15.5. The zero-order valence-corrected chi connectivity index (χ0v) is 28.4. The first-order valence-corrected chi connectivity index (χ1v) is 17.8. The maximum Gasteiger partial charge on any atom is 0.319 e. The topological polar surface area (TPSA) is 103 Å². The van der Waals surface area contributed by atoms with Crippen molar-refractivity contribution >= 4 is 11.7 Å². The van der Waals surface area contributed by atoms with E-state index >= 15 is 0 Å². The van der Waals surface area contributed by atoms with Crippen molar-refractivity contribution in [3.8, 4) is 0 Å². The number of rotatable bonds is 10. The first kappa shape index (κ1) is 33.2. The van der Waals surface area contributed by atoms with E-state index in [1.165, 1.54) is 19.3 Å². The van der Waals surface area contributed by atoms with Crippen LogP contribution in [0.15, 0.2) is 78.9 Å². The lowest BCUT2D eigenvalue weighted by Crippen LogP contribution is -2.60. The lowest BCUT2D eigenvalue weighted by molar-refractivity contribution is -0.276. The van der Waals surface area contributed by atoms with Gasteiger partial charge in [-0.15, -0.1) is 0 Å². The highest BCUT2D eigenvalue weighted by atomic mass is 16.7. The molecular weight excluding hydrogens is 602 g/mol. The number of anilines is 1. The predicted molar refractivity (Wildman–Crippen MR) is 186 cm³/mol. The van der Waals surface area contributed by atoms with Crippen LogP contribution in [0.25, 0.3) is 0 Å². The Bertz CT molecular complexity index is 1510. The van der Waals surface area contributed by atoms with Crippen LogP contribution in [0.1, 0.15) is 93.1 Å². The first-order chi connectivity index (χ1) is 23.2. The van der Waals surface area contributed by atoms with E-state index in [2.05, 4.69) is 22.5 Å². The van der Waals surface area contributed by atoms with Gasteiger partial charge in [-0.25, -0.2) is 4.79 Å². The quantitative estimate of drug-likeness (QED) is 0.186. The molecular formula is C40H51N3O5. The van der Waals surface area contributed by atoms with Crippen LogP contribution in [0.5, 0.6) is 0 Å². The van der Waals surface area contributed by atoms with Gasteiger partial charge >= 0.3 is 6.03 Å². The smallest absolute Gasteiger partial charge is 0.319 e. The molecule has 48 heavy (non-hydrogen) atoms. The number of hydrogen-bond donors (Lipinski definition) is 4. The molecule has 8 rings (SSSR count). The van der Waals surface area contributed by atoms with Gasteiger partial charge in [-0.2, -0.15) is 0 Å². The normalized spacial score (nSPS) is 32.2. The maximum atomic E-state index is 13.4. The summed E-state index contributed by atoms with van der Waals surface area (Å²) in [5.74, 6) is 2.27. The predicted octanol–water partition coefficient (Wildman–Crippen LogP) is 7.11. The molecule has 4 aliphatic carbocycles. The van der Waals surface area contributed by atoms with Crippen LogP contribution in [-0.2, 0) is 16.1 Å². The number of aliphatic hydroxyl groups is 2. The Morgan fingerprint density at radius 3 is 2.23 bits per heavy atom. The molecule has 0 unspecified atom stereocenters. The monoisotopic (exact) mass is 653 g/mol. The van der Waals surface area contributed by atoms with Crippen molar-refractivity contribution in [1.82, 2.24) is 10.2 Å². The molecule has 4 bridgehead atoms. The minimum Gasteiger partial charge on any atom is -0.392 e. The molecule has 8 nitrogen and oxygen atoms in total. The van der Waals surface area contributed by atoms with Crippen LogP contribution in [0.3, 0.4) is 0 Å². The van der Waals surface area contributed by atoms with Gasteiger partial charge in [0.2, 0.25) is 0 Å². The third-order valence-corrected chi connectivity index (χ3v) is 11.7. The summed E-state index contributed by atoms with van der Waals surface area (Å²) in [6.07, 6.45) is 5.53. The van der Waals surface area contributed by atoms with E-state index < -0.39 is 12.4 Å². The summed E-state index contributed by atoms with van der Waals surface area (Å²) in [7, 11) is 2.02. The molecule has 1 heterocycles. The van der Waals surface area contributed by atoms with Crippen molar-refractivity contribution in [3.05, 3.63) is 101 Å². The van der Waals surface area contributed by atoms with Gasteiger partial charge in [0.15, 0.2) is 6.29 Å². The van der Waals surface area contributed by atoms with Gasteiger partial charge in [0.1, 0.15) is 0 Å². The minimum absolute atomic E-state index is 0.00268. The lowest BCUT2D eigenvalue weighted by Gasteiger charge is -2.56. The molecule has 3 aromatic rings. The van der Waals surface area contributed by atoms with Crippen molar-refractivity contribution in [2.75, 3.05) is 18.9 Å². The van der Waals surface area contributed by atoms with Crippen LogP contribution >= 0.6 is 0 Å². The van der Waals surface area contributed by atoms with E-state index in [1.54, 1.807) is 0 Å². The number of urea groups is 1. The van der Waals surface area contributed by atoms with Crippen molar-refractivity contribution in [1.29, 1.82) is 0 Å². The molecule has 6 atom stereocenters. The molecule has 1 aliphatic heterocycles. The summed E-state index contributed by atoms with van der Waals surface area (Å²) in [6.45, 7) is 4.75. The highest BCUT2D eigenvalue weighted by molar-refractivity contribution is 5.90. The van der Waals surface area contributed by atoms with Crippen LogP contribution in [-0.4, -0.2) is 52.4 Å². The summed E-state index contributed by atoms with van der Waals surface area (Å²) in [5.41, 5.74) is 4.22. The minimum atomic E-state index is -0.663. The molecule has 0 aromatic heterocycles. The molecule has 5 aliphatic rings. The van der Waals surface area contributed by atoms with Gasteiger partial charge in [-0.3, -0.25) is 4.90 Å². The van der Waals surface area contributed by atoms with Crippen molar-refractivity contribution in [3.63, 3.8) is 0 Å². The van der Waals surface area contributed by atoms with Gasteiger partial charge in [0, 0.05) is 35.3 Å². The zero-order chi connectivity index (χ0) is 33.4. The second-order valence-corrected chi connectivity index (χ2v) is 15.3. The Kier molecular flexibility index (Phi) is 9.64. The third kappa shape index (κ3) is 7.05. The highest BCUT2D eigenvalue weighted by Gasteiger charge is 2.51. The van der Waals surface area contributed by atoms with E-state index in [0.29, 0.717) is 12.2 Å². The summed E-state index contributed by atoms with van der Waals surface area (Å²) in [5, 5.41) is 27.3. The number of benzene rings is 3. The van der Waals surface area contributed by atoms with Gasteiger partial charge < -0.3 is 30.3 Å². The highest BCUT2D eigenvalue weighted by Crippen LogP contribution is 2.55. The van der Waals surface area contributed by atoms with E-state index in [9.17, 15) is 15.0 Å². The fraction of sp³-hybridized carbons (Fsp3) is 0.525. The van der Waals surface area contributed by atoms with Crippen molar-refractivity contribution in [2.24, 2.45) is 23.7 Å². The summed E-state index contributed by atoms with van der Waals surface area (Å²) < 4.78 is 13.4. The van der Waals surface area contributed by atoms with Gasteiger partial charge in [0.05, 0.1) is 24.9 Å². The molecule has 256 valence electrons. The number of carbonyl (C=O) groups is 1. The Balaban J connectivity index is 1.08. The average molecular weight is 654 g/mol. The number of nitrogens with one attached hydrogen (secondary N) is 2. The number of likely N-dealkylation sites (N-methyl/N-ethyl adjacent to an activating group) is 1. The Hall–Kier alpha value is -3.27. The lowest BCUT2D eigenvalue weighted by atomic mass is 9.53. The number of hydrogen-bond acceptors (Lipinski definition) is 6. The van der Waals surface area contributed by atoms with E-state index in [-0.39, 0.29) is 42.3 Å².